The molecule has 0 amide bonds. The first-order valence-corrected chi connectivity index (χ1v) is 11.2. The van der Waals surface area contributed by atoms with Gasteiger partial charge in [0.25, 0.3) is 0 Å². The van der Waals surface area contributed by atoms with Gasteiger partial charge in [0.2, 0.25) is 0 Å². The monoisotopic (exact) mass is 549 g/mol. The van der Waals surface area contributed by atoms with Gasteiger partial charge in [-0.15, -0.1) is 0 Å². The summed E-state index contributed by atoms with van der Waals surface area (Å²) >= 11 is 0. The molecule has 0 aliphatic heterocycles. The molecule has 2 atom stereocenters. The molecule has 0 radical (unpaired) electrons. The van der Waals surface area contributed by atoms with Crippen LogP contribution in [0.15, 0.2) is 54.6 Å². The number of aliphatic hydroxyl groups is 1. The number of hydrogen-bond acceptors (Lipinski definition) is 2. The van der Waals surface area contributed by atoms with Gasteiger partial charge in [0.05, 0.1) is 0 Å². The number of nitrogens with one attached hydrogen (secondary N) is 1. The minimum atomic E-state index is -0.197. The molecule has 2 aromatic carbocycles. The van der Waals surface area contributed by atoms with Crippen molar-refractivity contribution < 1.29 is 5.11 Å². The Morgan fingerprint density at radius 2 is 1.59 bits per heavy atom. The van der Waals surface area contributed by atoms with Crippen molar-refractivity contribution in [3.63, 3.8) is 0 Å². The fraction of sp³-hybridized carbons (Fsp3) is 0.368. The van der Waals surface area contributed by atoms with E-state index in [0.29, 0.717) is 5.92 Å². The molecule has 2 unspecified atom stereocenters. The van der Waals surface area contributed by atoms with Crippen LogP contribution in [0.4, 0.5) is 0 Å². The van der Waals surface area contributed by atoms with Crippen molar-refractivity contribution >= 4 is 0 Å². The summed E-state index contributed by atoms with van der Waals surface area (Å²) in [6.07, 6.45) is 2.66. The second kappa shape index (κ2) is 7.96. The Hall–Kier alpha value is -2.64. The summed E-state index contributed by atoms with van der Waals surface area (Å²) in [6.45, 7) is 3.20. The van der Waals surface area contributed by atoms with Crippen LogP contribution in [0.5, 0.6) is 0 Å². The molecule has 2 aromatic rings. The van der Waals surface area contributed by atoms with Crippen molar-refractivity contribution in [2.24, 2.45) is 5.92 Å². The van der Waals surface area contributed by atoms with Crippen molar-refractivity contribution in [2.75, 3.05) is 6.54 Å². The quantitative estimate of drug-likeness (QED) is 0.527. The van der Waals surface area contributed by atoms with Crippen LogP contribution in [0.2, 0.25) is 0 Å². The second-order valence-electron chi connectivity index (χ2n) is 5.93. The number of aryl methyl sites for hydroxylation is 1. The SMILES string of the molecule is CC(CC[NH][Rf])C(O)CCc1ccc(-c2ccccc2)cc1. The van der Waals surface area contributed by atoms with Gasteiger partial charge in [-0.2, -0.15) is 0 Å². The third kappa shape index (κ3) is 4.44. The molecule has 2 nitrogen and oxygen atoms in total. The average molecular weight is 549 g/mol. The minimum absolute atomic E-state index is 0.197. The van der Waals surface area contributed by atoms with Crippen molar-refractivity contribution in [2.45, 2.75) is 32.3 Å². The van der Waals surface area contributed by atoms with Crippen molar-refractivity contribution in [3.8, 4) is 11.1 Å². The van der Waals surface area contributed by atoms with E-state index in [9.17, 15) is 5.11 Å². The van der Waals surface area contributed by atoms with E-state index < -0.39 is 0 Å². The van der Waals surface area contributed by atoms with Crippen LogP contribution in [0, 0.1) is 5.92 Å². The maximum absolute atomic E-state index is 10.2. The summed E-state index contributed by atoms with van der Waals surface area (Å²) in [4.78, 5) is 0. The molecule has 113 valence electrons. The van der Waals surface area contributed by atoms with E-state index in [2.05, 4.69) is 61.2 Å². The van der Waals surface area contributed by atoms with E-state index in [-0.39, 0.29) is 6.10 Å². The Morgan fingerprint density at radius 3 is 2.23 bits per heavy atom. The van der Waals surface area contributed by atoms with Crippen LogP contribution >= 0.6 is 0 Å². The summed E-state index contributed by atoms with van der Waals surface area (Å²) in [7, 11) is 0. The average Bonchev–Trinajstić information content (AvgIpc) is 2.58. The van der Waals surface area contributed by atoms with Gasteiger partial charge < -0.3 is 0 Å². The predicted molar refractivity (Wildman–Crippen MR) is 88.0 cm³/mol. The van der Waals surface area contributed by atoms with Gasteiger partial charge in [0.1, 0.15) is 0 Å². The van der Waals surface area contributed by atoms with Gasteiger partial charge in [0, 0.05) is 0 Å². The maximum atomic E-state index is 10.2. The summed E-state index contributed by atoms with van der Waals surface area (Å²) in [5.74, 6) is 0.377. The molecule has 0 fully saturated rings. The Balaban J connectivity index is 1.86. The van der Waals surface area contributed by atoms with Gasteiger partial charge in [-0.3, -0.25) is 0 Å². The number of aliphatic hydroxyl groups excluding tert-OH is 1. The molecule has 3 heteroatoms. The zero-order valence-corrected chi connectivity index (χ0v) is 19.7. The Labute approximate surface area is 127 Å². The van der Waals surface area contributed by atoms with Gasteiger partial charge in [0.15, 0.2) is 0 Å². The van der Waals surface area contributed by atoms with Gasteiger partial charge in [-0.05, 0) is 0 Å². The van der Waals surface area contributed by atoms with Crippen LogP contribution in [0.25, 0.3) is 11.1 Å². The van der Waals surface area contributed by atoms with E-state index in [4.69, 9.17) is 0 Å². The summed E-state index contributed by atoms with van der Waals surface area (Å²) in [6, 6.07) is 19.1. The Bertz CT molecular complexity index is 541. The number of benzene rings is 2. The fourth-order valence-electron chi connectivity index (χ4n) is 2.62. The molecule has 0 saturated carbocycles. The molecule has 0 aromatic heterocycles. The van der Waals surface area contributed by atoms with Gasteiger partial charge in [-0.1, -0.05) is 30.3 Å². The van der Waals surface area contributed by atoms with Crippen LogP contribution in [-0.2, 0) is 6.42 Å². The van der Waals surface area contributed by atoms with E-state index in [0.717, 1.165) is 25.8 Å². The molecule has 2 N–H and O–H groups in total. The third-order valence-electron chi connectivity index (χ3n) is 4.22. The summed E-state index contributed by atoms with van der Waals surface area (Å²) < 4.78 is 0.563. The van der Waals surface area contributed by atoms with Crippen molar-refractivity contribution in [1.29, 1.82) is 0 Å². The van der Waals surface area contributed by atoms with E-state index in [1.165, 1.54) is 16.7 Å². The van der Waals surface area contributed by atoms with E-state index in [1.807, 2.05) is 6.07 Å². The van der Waals surface area contributed by atoms with Gasteiger partial charge in [-0.25, -0.2) is 0 Å². The zero-order chi connectivity index (χ0) is 15.8. The molecule has 2 rings (SSSR count). The molecule has 22 heavy (non-hydrogen) atoms. The number of rotatable bonds is 8. The van der Waals surface area contributed by atoms with Crippen LogP contribution < -0.4 is 5.73 Å². The summed E-state index contributed by atoms with van der Waals surface area (Å²) in [5, 5.41) is 10.2. The molecular formula is C19H24NORf. The second-order valence-corrected chi connectivity index (χ2v) is 8.20. The molecule has 0 aliphatic rings. The van der Waals surface area contributed by atoms with Crippen molar-refractivity contribution in [3.05, 3.63) is 60.2 Å². The molecular weight excluding hydrogens is 525 g/mol. The molecule has 0 spiro atoms. The molecule has 0 saturated heterocycles. The topological polar surface area (TPSA) is 32.3 Å². The normalized spacial score (nSPS) is 13.8. The fourth-order valence-corrected chi connectivity index (χ4v) is 3.54. The number of hydrogen-bond donors (Lipinski definition) is 2. The summed E-state index contributed by atoms with van der Waals surface area (Å²) in [5.41, 5.74) is 7.15. The first kappa shape index (κ1) is 15.7. The standard InChI is InChI=1S/C19H24NO.Rf/c1-15(13-14-20)19(21)12-9-16-7-10-18(11-8-16)17-5-3-2-4-6-17;/h2-8,10-11,15,19-21H,9,12-14H2,1H3;/q-1;+1. The third-order valence-corrected chi connectivity index (χ3v) is 5.82. The van der Waals surface area contributed by atoms with Crippen LogP contribution in [-0.4, -0.2) is 17.8 Å². The van der Waals surface area contributed by atoms with Crippen LogP contribution in [0.3, 0.4) is 0 Å². The predicted octanol–water partition coefficient (Wildman–Crippen LogP) is 3.73. The first-order chi connectivity index (χ1) is 10.7. The molecule has 0 aliphatic carbocycles. The Kier molecular flexibility index (Phi) is 5.70. The molecule has 0 bridgehead atoms. The van der Waals surface area contributed by atoms with E-state index >= 15 is 0 Å². The van der Waals surface area contributed by atoms with Gasteiger partial charge >= 0.3 is 96.5 Å². The zero-order valence-electron chi connectivity index (χ0n) is 13.3. The first-order valence-electron chi connectivity index (χ1n) is 8.03. The Morgan fingerprint density at radius 1 is 0.955 bits per heavy atom. The van der Waals surface area contributed by atoms with Crippen LogP contribution in [0.1, 0.15) is 25.3 Å². The van der Waals surface area contributed by atoms with Crippen molar-refractivity contribution in [1.82, 2.24) is 5.73 Å². The van der Waals surface area contributed by atoms with E-state index in [1.54, 1.807) is 0 Å². The molecule has 0 heterocycles.